The molecule has 0 N–H and O–H groups in total. The number of pyridine rings is 1. The van der Waals surface area contributed by atoms with Crippen LogP contribution in [0.25, 0.3) is 0 Å². The summed E-state index contributed by atoms with van der Waals surface area (Å²) in [6.07, 6.45) is 6.25. The summed E-state index contributed by atoms with van der Waals surface area (Å²) in [5, 5.41) is 0. The molecule has 4 heteroatoms. The summed E-state index contributed by atoms with van der Waals surface area (Å²) in [7, 11) is 0. The average Bonchev–Trinajstić information content (AvgIpc) is 2.73. The Morgan fingerprint density at radius 3 is 2.60 bits per heavy atom. The van der Waals surface area contributed by atoms with Crippen LogP contribution in [0, 0.1) is 0 Å². The number of carbonyl (C=O) groups is 1. The van der Waals surface area contributed by atoms with Crippen LogP contribution in [0.5, 0.6) is 0 Å². The molecular weight excluding hydrogens is 250 g/mol. The Balaban J connectivity index is 1.74. The molecule has 0 unspecified atom stereocenters. The third-order valence-electron chi connectivity index (χ3n) is 4.53. The summed E-state index contributed by atoms with van der Waals surface area (Å²) in [6, 6.07) is 2.33. The second-order valence-corrected chi connectivity index (χ2v) is 6.83. The molecule has 0 atom stereocenters. The molecule has 108 valence electrons. The molecule has 4 nitrogen and oxygen atoms in total. The number of carbonyl (C=O) groups excluding carboxylic acids is 1. The molecule has 2 aliphatic heterocycles. The van der Waals surface area contributed by atoms with E-state index in [1.807, 2.05) is 17.2 Å². The van der Waals surface area contributed by atoms with Crippen molar-refractivity contribution in [1.29, 1.82) is 0 Å². The molecule has 3 rings (SSSR count). The third-order valence-corrected chi connectivity index (χ3v) is 4.53. The summed E-state index contributed by atoms with van der Waals surface area (Å²) < 4.78 is 0. The Labute approximate surface area is 120 Å². The molecule has 20 heavy (non-hydrogen) atoms. The van der Waals surface area contributed by atoms with Crippen LogP contribution in [-0.4, -0.2) is 40.5 Å². The van der Waals surface area contributed by atoms with Crippen molar-refractivity contribution in [2.24, 2.45) is 0 Å². The molecule has 1 amide bonds. The number of fused-ring (bicyclic) bond motifs is 1. The van der Waals surface area contributed by atoms with Crippen molar-refractivity contribution in [3.05, 3.63) is 24.0 Å². The zero-order valence-corrected chi connectivity index (χ0v) is 12.6. The molecule has 1 saturated heterocycles. The van der Waals surface area contributed by atoms with E-state index in [0.29, 0.717) is 12.5 Å². The normalized spacial score (nSPS) is 21.4. The lowest BCUT2D eigenvalue weighted by atomic mass is 9.97. The van der Waals surface area contributed by atoms with Gasteiger partial charge in [0.1, 0.15) is 0 Å². The Morgan fingerprint density at radius 2 is 1.95 bits per heavy atom. The van der Waals surface area contributed by atoms with Crippen molar-refractivity contribution in [2.75, 3.05) is 18.0 Å². The van der Waals surface area contributed by atoms with Crippen LogP contribution >= 0.6 is 0 Å². The number of hydrogen-bond donors (Lipinski definition) is 0. The Hall–Kier alpha value is -1.42. The Kier molecular flexibility index (Phi) is 3.28. The van der Waals surface area contributed by atoms with Gasteiger partial charge in [-0.1, -0.05) is 0 Å². The predicted molar refractivity (Wildman–Crippen MR) is 79.8 cm³/mol. The van der Waals surface area contributed by atoms with E-state index in [4.69, 9.17) is 0 Å². The number of rotatable bonds is 1. The van der Waals surface area contributed by atoms with Crippen molar-refractivity contribution in [2.45, 2.75) is 51.6 Å². The molecule has 0 radical (unpaired) electrons. The van der Waals surface area contributed by atoms with E-state index in [2.05, 4.69) is 30.7 Å². The molecule has 0 spiro atoms. The van der Waals surface area contributed by atoms with E-state index in [0.717, 1.165) is 37.2 Å². The van der Waals surface area contributed by atoms with Crippen LogP contribution < -0.4 is 4.90 Å². The molecule has 2 aliphatic rings. The van der Waals surface area contributed by atoms with Gasteiger partial charge in [-0.15, -0.1) is 0 Å². The predicted octanol–water partition coefficient (Wildman–Crippen LogP) is 2.23. The minimum absolute atomic E-state index is 0.224. The smallest absolute Gasteiger partial charge is 0.231 e. The SMILES string of the molecule is CC(C)(C)N1CCC(N2C(=O)Cc3cnccc32)CC1. The minimum Gasteiger partial charge on any atom is -0.309 e. The standard InChI is InChI=1S/C16H23N3O/c1-16(2,3)18-8-5-13(6-9-18)19-14-4-7-17-11-12(14)10-15(19)20/h4,7,11,13H,5-6,8-10H2,1-3H3. The van der Waals surface area contributed by atoms with Crippen molar-refractivity contribution < 1.29 is 4.79 Å². The first-order chi connectivity index (χ1) is 9.47. The average molecular weight is 273 g/mol. The highest BCUT2D eigenvalue weighted by Gasteiger charge is 2.36. The zero-order valence-electron chi connectivity index (χ0n) is 12.6. The maximum absolute atomic E-state index is 12.3. The minimum atomic E-state index is 0.224. The molecule has 0 bridgehead atoms. The van der Waals surface area contributed by atoms with Crippen molar-refractivity contribution in [3.63, 3.8) is 0 Å². The topological polar surface area (TPSA) is 36.4 Å². The fraction of sp³-hybridized carbons (Fsp3) is 0.625. The monoisotopic (exact) mass is 273 g/mol. The van der Waals surface area contributed by atoms with E-state index in [1.165, 1.54) is 0 Å². The first-order valence-electron chi connectivity index (χ1n) is 7.47. The highest BCUT2D eigenvalue weighted by molar-refractivity contribution is 6.01. The second-order valence-electron chi connectivity index (χ2n) is 6.83. The Bertz CT molecular complexity index is 513. The highest BCUT2D eigenvalue weighted by atomic mass is 16.2. The van der Waals surface area contributed by atoms with Gasteiger partial charge < -0.3 is 4.90 Å². The second kappa shape index (κ2) is 4.85. The fourth-order valence-corrected chi connectivity index (χ4v) is 3.37. The maximum atomic E-state index is 12.3. The number of anilines is 1. The van der Waals surface area contributed by atoms with Crippen molar-refractivity contribution in [1.82, 2.24) is 9.88 Å². The van der Waals surface area contributed by atoms with Crippen molar-refractivity contribution in [3.8, 4) is 0 Å². The van der Waals surface area contributed by atoms with Crippen LogP contribution in [0.2, 0.25) is 0 Å². The lowest BCUT2D eigenvalue weighted by Crippen LogP contribution is -2.51. The van der Waals surface area contributed by atoms with Crippen LogP contribution in [0.1, 0.15) is 39.2 Å². The van der Waals surface area contributed by atoms with Crippen LogP contribution in [-0.2, 0) is 11.2 Å². The van der Waals surface area contributed by atoms with E-state index in [-0.39, 0.29) is 11.4 Å². The first kappa shape index (κ1) is 13.6. The fourth-order valence-electron chi connectivity index (χ4n) is 3.37. The first-order valence-corrected chi connectivity index (χ1v) is 7.47. The van der Waals surface area contributed by atoms with Gasteiger partial charge >= 0.3 is 0 Å². The molecule has 1 aromatic rings. The molecule has 0 aliphatic carbocycles. The van der Waals surface area contributed by atoms with E-state index >= 15 is 0 Å². The molecule has 0 aromatic carbocycles. The summed E-state index contributed by atoms with van der Waals surface area (Å²) in [5.74, 6) is 0.238. The van der Waals surface area contributed by atoms with E-state index < -0.39 is 0 Å². The summed E-state index contributed by atoms with van der Waals surface area (Å²) in [6.45, 7) is 8.91. The van der Waals surface area contributed by atoms with Gasteiger partial charge in [0, 0.05) is 42.6 Å². The zero-order chi connectivity index (χ0) is 14.3. The lowest BCUT2D eigenvalue weighted by Gasteiger charge is -2.43. The van der Waals surface area contributed by atoms with Gasteiger partial charge in [0.2, 0.25) is 5.91 Å². The number of hydrogen-bond acceptors (Lipinski definition) is 3. The molecule has 0 saturated carbocycles. The maximum Gasteiger partial charge on any atom is 0.231 e. The van der Waals surface area contributed by atoms with Crippen LogP contribution in [0.15, 0.2) is 18.5 Å². The highest BCUT2D eigenvalue weighted by Crippen LogP contribution is 2.33. The summed E-state index contributed by atoms with van der Waals surface area (Å²) in [5.41, 5.74) is 2.39. The molecule has 3 heterocycles. The van der Waals surface area contributed by atoms with Gasteiger partial charge in [0.05, 0.1) is 12.1 Å². The quantitative estimate of drug-likeness (QED) is 0.787. The van der Waals surface area contributed by atoms with Crippen LogP contribution in [0.4, 0.5) is 5.69 Å². The molecule has 1 fully saturated rings. The van der Waals surface area contributed by atoms with Gasteiger partial charge in [-0.2, -0.15) is 0 Å². The molecule has 1 aromatic heterocycles. The molecular formula is C16H23N3O. The number of likely N-dealkylation sites (tertiary alicyclic amines) is 1. The van der Waals surface area contributed by atoms with Gasteiger partial charge in [0.25, 0.3) is 0 Å². The summed E-state index contributed by atoms with van der Waals surface area (Å²) >= 11 is 0. The van der Waals surface area contributed by atoms with Crippen LogP contribution in [0.3, 0.4) is 0 Å². The van der Waals surface area contributed by atoms with Gasteiger partial charge in [-0.05, 0) is 39.7 Å². The number of nitrogens with zero attached hydrogens (tertiary/aromatic N) is 3. The number of amides is 1. The third kappa shape index (κ3) is 2.33. The largest absolute Gasteiger partial charge is 0.309 e. The van der Waals surface area contributed by atoms with Gasteiger partial charge in [-0.25, -0.2) is 0 Å². The van der Waals surface area contributed by atoms with E-state index in [9.17, 15) is 4.79 Å². The van der Waals surface area contributed by atoms with E-state index in [1.54, 1.807) is 6.20 Å². The lowest BCUT2D eigenvalue weighted by molar-refractivity contribution is -0.118. The Morgan fingerprint density at radius 1 is 1.25 bits per heavy atom. The van der Waals surface area contributed by atoms with Gasteiger partial charge in [0.15, 0.2) is 0 Å². The van der Waals surface area contributed by atoms with Crippen molar-refractivity contribution >= 4 is 11.6 Å². The van der Waals surface area contributed by atoms with Gasteiger partial charge in [-0.3, -0.25) is 14.7 Å². The summed E-state index contributed by atoms with van der Waals surface area (Å²) in [4.78, 5) is 21.0. The number of aromatic nitrogens is 1. The number of piperidine rings is 1.